The van der Waals surface area contributed by atoms with Gasteiger partial charge in [0.1, 0.15) is 5.01 Å². The number of thiazole rings is 1. The van der Waals surface area contributed by atoms with E-state index in [9.17, 15) is 0 Å². The third-order valence-electron chi connectivity index (χ3n) is 3.37. The minimum absolute atomic E-state index is 0.901. The second-order valence-corrected chi connectivity index (χ2v) is 5.68. The topological polar surface area (TPSA) is 46.0 Å². The highest BCUT2D eigenvalue weighted by Gasteiger charge is 2.13. The smallest absolute Gasteiger partial charge is 0.107 e. The first kappa shape index (κ1) is 12.8. The van der Waals surface area contributed by atoms with Crippen LogP contribution in [-0.2, 0) is 13.1 Å². The Morgan fingerprint density at radius 2 is 2.21 bits per heavy atom. The maximum atomic E-state index is 4.73. The van der Waals surface area contributed by atoms with Crippen LogP contribution in [0.1, 0.15) is 11.9 Å². The van der Waals surface area contributed by atoms with Crippen LogP contribution < -0.4 is 5.32 Å². The van der Waals surface area contributed by atoms with E-state index in [1.54, 1.807) is 11.3 Å². The fraction of sp³-hybridized carbons (Fsp3) is 0.538. The molecule has 0 saturated carbocycles. The molecule has 6 heteroatoms. The number of nitrogens with one attached hydrogen (secondary N) is 1. The van der Waals surface area contributed by atoms with Gasteiger partial charge in [0, 0.05) is 49.9 Å². The summed E-state index contributed by atoms with van der Waals surface area (Å²) in [5, 5.41) is 11.0. The molecule has 3 heterocycles. The maximum absolute atomic E-state index is 4.73. The van der Waals surface area contributed by atoms with E-state index >= 15 is 0 Å². The van der Waals surface area contributed by atoms with Crippen molar-refractivity contribution < 1.29 is 0 Å². The van der Waals surface area contributed by atoms with E-state index in [0.29, 0.717) is 0 Å². The Bertz CT molecular complexity index is 527. The molecule has 0 radical (unpaired) electrons. The second kappa shape index (κ2) is 5.81. The number of aryl methyl sites for hydroxylation is 1. The molecule has 0 aromatic carbocycles. The van der Waals surface area contributed by atoms with Gasteiger partial charge >= 0.3 is 0 Å². The maximum Gasteiger partial charge on any atom is 0.107 e. The quantitative estimate of drug-likeness (QED) is 0.918. The number of aromatic nitrogens is 3. The molecule has 0 unspecified atom stereocenters. The van der Waals surface area contributed by atoms with Gasteiger partial charge in [0.2, 0.25) is 0 Å². The molecule has 3 rings (SSSR count). The molecule has 5 nitrogen and oxygen atoms in total. The van der Waals surface area contributed by atoms with Gasteiger partial charge in [-0.1, -0.05) is 0 Å². The fourth-order valence-electron chi connectivity index (χ4n) is 2.25. The zero-order chi connectivity index (χ0) is 13.1. The summed E-state index contributed by atoms with van der Waals surface area (Å²) in [4.78, 5) is 7.18. The molecule has 2 aromatic rings. The Hall–Kier alpha value is -1.24. The van der Waals surface area contributed by atoms with E-state index in [0.717, 1.165) is 50.5 Å². The molecule has 0 amide bonds. The van der Waals surface area contributed by atoms with Gasteiger partial charge in [0.25, 0.3) is 0 Å². The van der Waals surface area contributed by atoms with Gasteiger partial charge < -0.3 is 5.32 Å². The molecular weight excluding hydrogens is 258 g/mol. The van der Waals surface area contributed by atoms with Crippen molar-refractivity contribution in [2.75, 3.05) is 26.2 Å². The minimum Gasteiger partial charge on any atom is -0.314 e. The average molecular weight is 277 g/mol. The third kappa shape index (κ3) is 3.02. The molecule has 1 saturated heterocycles. The number of rotatable bonds is 4. The van der Waals surface area contributed by atoms with Gasteiger partial charge in [0.05, 0.1) is 18.4 Å². The van der Waals surface area contributed by atoms with Crippen molar-refractivity contribution in [1.82, 2.24) is 25.0 Å². The summed E-state index contributed by atoms with van der Waals surface area (Å²) in [7, 11) is 0. The van der Waals surface area contributed by atoms with E-state index in [2.05, 4.69) is 33.8 Å². The molecule has 102 valence electrons. The lowest BCUT2D eigenvalue weighted by Gasteiger charge is -2.26. The first-order chi connectivity index (χ1) is 9.35. The van der Waals surface area contributed by atoms with Crippen molar-refractivity contribution in [2.45, 2.75) is 20.0 Å². The second-order valence-electron chi connectivity index (χ2n) is 4.74. The van der Waals surface area contributed by atoms with Gasteiger partial charge in [-0.05, 0) is 6.92 Å². The molecule has 1 N–H and O–H groups in total. The van der Waals surface area contributed by atoms with Gasteiger partial charge in [0.15, 0.2) is 0 Å². The van der Waals surface area contributed by atoms with E-state index in [1.807, 2.05) is 10.9 Å². The SMILES string of the molecule is CCn1cc(-c2csc(CN3CCNCC3)n2)cn1. The monoisotopic (exact) mass is 277 g/mol. The normalized spacial score (nSPS) is 16.9. The van der Waals surface area contributed by atoms with Gasteiger partial charge in [-0.2, -0.15) is 5.10 Å². The standard InChI is InChI=1S/C13H19N5S/c1-2-18-8-11(7-15-18)12-10-19-13(16-12)9-17-5-3-14-4-6-17/h7-8,10,14H,2-6,9H2,1H3. The van der Waals surface area contributed by atoms with Crippen LogP contribution >= 0.6 is 11.3 Å². The lowest BCUT2D eigenvalue weighted by atomic mass is 10.3. The van der Waals surface area contributed by atoms with E-state index in [-0.39, 0.29) is 0 Å². The summed E-state index contributed by atoms with van der Waals surface area (Å²) in [6.45, 7) is 8.36. The lowest BCUT2D eigenvalue weighted by Crippen LogP contribution is -2.42. The van der Waals surface area contributed by atoms with Crippen molar-refractivity contribution in [3.8, 4) is 11.3 Å². The van der Waals surface area contributed by atoms with Crippen LogP contribution in [0.25, 0.3) is 11.3 Å². The highest BCUT2D eigenvalue weighted by atomic mass is 32.1. The van der Waals surface area contributed by atoms with Crippen LogP contribution in [0, 0.1) is 0 Å². The Balaban J connectivity index is 1.68. The highest BCUT2D eigenvalue weighted by Crippen LogP contribution is 2.22. The molecule has 0 atom stereocenters. The fourth-order valence-corrected chi connectivity index (χ4v) is 3.09. The van der Waals surface area contributed by atoms with Crippen LogP contribution in [0.3, 0.4) is 0 Å². The number of nitrogens with zero attached hydrogens (tertiary/aromatic N) is 4. The minimum atomic E-state index is 0.901. The van der Waals surface area contributed by atoms with Crippen LogP contribution in [0.5, 0.6) is 0 Å². The highest BCUT2D eigenvalue weighted by molar-refractivity contribution is 7.09. The van der Waals surface area contributed by atoms with Crippen LogP contribution in [0.15, 0.2) is 17.8 Å². The van der Waals surface area contributed by atoms with E-state index in [1.165, 1.54) is 5.01 Å². The molecule has 0 bridgehead atoms. The zero-order valence-corrected chi connectivity index (χ0v) is 12.0. The Morgan fingerprint density at radius 1 is 1.37 bits per heavy atom. The summed E-state index contributed by atoms with van der Waals surface area (Å²) in [5.41, 5.74) is 2.17. The Labute approximate surface area is 117 Å². The predicted molar refractivity (Wildman–Crippen MR) is 77.2 cm³/mol. The van der Waals surface area contributed by atoms with Crippen molar-refractivity contribution in [1.29, 1.82) is 0 Å². The first-order valence-electron chi connectivity index (χ1n) is 6.75. The molecule has 0 aliphatic carbocycles. The largest absolute Gasteiger partial charge is 0.314 e. The summed E-state index contributed by atoms with van der Waals surface area (Å²) >= 11 is 1.74. The van der Waals surface area contributed by atoms with Crippen molar-refractivity contribution in [3.05, 3.63) is 22.8 Å². The van der Waals surface area contributed by atoms with Crippen molar-refractivity contribution in [2.24, 2.45) is 0 Å². The van der Waals surface area contributed by atoms with E-state index in [4.69, 9.17) is 4.98 Å². The summed E-state index contributed by atoms with van der Waals surface area (Å²) in [6.07, 6.45) is 3.96. The number of hydrogen-bond acceptors (Lipinski definition) is 5. The van der Waals surface area contributed by atoms with Gasteiger partial charge in [-0.15, -0.1) is 11.3 Å². The van der Waals surface area contributed by atoms with Gasteiger partial charge in [-0.25, -0.2) is 4.98 Å². The Morgan fingerprint density at radius 3 is 2.95 bits per heavy atom. The lowest BCUT2D eigenvalue weighted by molar-refractivity contribution is 0.233. The van der Waals surface area contributed by atoms with Gasteiger partial charge in [-0.3, -0.25) is 9.58 Å². The Kier molecular flexibility index (Phi) is 3.91. The predicted octanol–water partition coefficient (Wildman–Crippen LogP) is 1.43. The summed E-state index contributed by atoms with van der Waals surface area (Å²) in [5.74, 6) is 0. The van der Waals surface area contributed by atoms with Crippen molar-refractivity contribution in [3.63, 3.8) is 0 Å². The molecule has 2 aromatic heterocycles. The molecule has 0 spiro atoms. The van der Waals surface area contributed by atoms with Crippen molar-refractivity contribution >= 4 is 11.3 Å². The van der Waals surface area contributed by atoms with Crippen LogP contribution in [-0.4, -0.2) is 45.8 Å². The van der Waals surface area contributed by atoms with Crippen LogP contribution in [0.4, 0.5) is 0 Å². The molecule has 19 heavy (non-hydrogen) atoms. The first-order valence-corrected chi connectivity index (χ1v) is 7.63. The third-order valence-corrected chi connectivity index (χ3v) is 4.21. The molecule has 1 aliphatic rings. The number of piperazine rings is 1. The molecular formula is C13H19N5S. The zero-order valence-electron chi connectivity index (χ0n) is 11.2. The summed E-state index contributed by atoms with van der Waals surface area (Å²) in [6, 6.07) is 0. The molecule has 1 fully saturated rings. The average Bonchev–Trinajstić information content (AvgIpc) is 3.08. The number of hydrogen-bond donors (Lipinski definition) is 1. The summed E-state index contributed by atoms with van der Waals surface area (Å²) < 4.78 is 1.94. The van der Waals surface area contributed by atoms with E-state index < -0.39 is 0 Å². The van der Waals surface area contributed by atoms with Crippen LogP contribution in [0.2, 0.25) is 0 Å². The molecule has 1 aliphatic heterocycles.